The molecule has 0 heterocycles. The van der Waals surface area contributed by atoms with E-state index >= 15 is 0 Å². The molecule has 0 saturated heterocycles. The van der Waals surface area contributed by atoms with Crippen LogP contribution in [0.2, 0.25) is 0 Å². The molecular weight excluding hydrogens is 322 g/mol. The van der Waals surface area contributed by atoms with Gasteiger partial charge in [-0.15, -0.1) is 0 Å². The molecule has 0 amide bonds. The second-order valence-corrected chi connectivity index (χ2v) is 4.69. The third-order valence-corrected chi connectivity index (χ3v) is 3.21. The molecule has 0 aliphatic carbocycles. The Morgan fingerprint density at radius 2 is 1.21 bits per heavy atom. The Hall–Kier alpha value is -1.14. The summed E-state index contributed by atoms with van der Waals surface area (Å²) in [5.74, 6) is -0.454. The van der Waals surface area contributed by atoms with Gasteiger partial charge in [0.15, 0.2) is 0 Å². The first-order valence-corrected chi connectivity index (χ1v) is 6.79. The van der Waals surface area contributed by atoms with Crippen molar-refractivity contribution in [3.63, 3.8) is 0 Å². The van der Waals surface area contributed by atoms with E-state index in [1.165, 1.54) is 12.1 Å². The average Bonchev–Trinajstić information content (AvgIpc) is 2.56. The smallest absolute Gasteiger partial charge is 0.871 e. The third kappa shape index (κ3) is 4.93. The number of benzene rings is 3. The van der Waals surface area contributed by atoms with Gasteiger partial charge in [-0.25, -0.2) is 0 Å². The fourth-order valence-electron chi connectivity index (χ4n) is 2.12. The molecule has 3 aromatic carbocycles. The fourth-order valence-corrected chi connectivity index (χ4v) is 2.12. The van der Waals surface area contributed by atoms with Gasteiger partial charge in [0.05, 0.1) is 11.4 Å². The van der Waals surface area contributed by atoms with E-state index in [-0.39, 0.29) is 82.0 Å². The summed E-state index contributed by atoms with van der Waals surface area (Å²) in [5.41, 5.74) is 2.02. The van der Waals surface area contributed by atoms with E-state index in [0.717, 1.165) is 5.56 Å². The van der Waals surface area contributed by atoms with Gasteiger partial charge in [-0.1, -0.05) is 78.2 Å². The molecule has 0 aliphatic rings. The molecule has 0 radical (unpaired) electrons. The van der Waals surface area contributed by atoms with Crippen LogP contribution in [0.15, 0.2) is 83.0 Å². The minimum absolute atomic E-state index is 0. The van der Waals surface area contributed by atoms with Crippen molar-refractivity contribution in [3.8, 4) is 22.6 Å². The first-order valence-electron chi connectivity index (χ1n) is 6.79. The summed E-state index contributed by atoms with van der Waals surface area (Å²) in [7, 11) is 0. The fraction of sp³-hybridized carbons (Fsp3) is 0. The summed E-state index contributed by atoms with van der Waals surface area (Å²) >= 11 is 0. The van der Waals surface area contributed by atoms with Crippen LogP contribution in [0.5, 0.6) is 11.5 Å². The van der Waals surface area contributed by atoms with Gasteiger partial charge in [-0.2, -0.15) is 10.2 Å². The molecule has 6 heteroatoms. The van der Waals surface area contributed by atoms with E-state index in [2.05, 4.69) is 10.2 Å². The summed E-state index contributed by atoms with van der Waals surface area (Å²) in [4.78, 5) is 0. The van der Waals surface area contributed by atoms with Crippen molar-refractivity contribution >= 4 is 11.4 Å². The van der Waals surface area contributed by atoms with E-state index in [0.29, 0.717) is 5.56 Å². The van der Waals surface area contributed by atoms with E-state index in [1.54, 1.807) is 24.3 Å². The quantitative estimate of drug-likeness (QED) is 0.408. The molecule has 108 valence electrons. The SMILES string of the molecule is [Na+].[Na+].[O-]c1ccccc1N=Nc1c([O-])cccc1-c1ccccc1. The first kappa shape index (κ1) is 20.9. The molecule has 24 heavy (non-hydrogen) atoms. The summed E-state index contributed by atoms with van der Waals surface area (Å²) in [5, 5.41) is 31.7. The molecule has 0 aromatic heterocycles. The number of hydrogen-bond donors (Lipinski definition) is 0. The van der Waals surface area contributed by atoms with Crippen molar-refractivity contribution in [3.05, 3.63) is 72.8 Å². The largest absolute Gasteiger partial charge is 1.00 e. The molecule has 3 aromatic rings. The third-order valence-electron chi connectivity index (χ3n) is 3.21. The van der Waals surface area contributed by atoms with Gasteiger partial charge in [0.1, 0.15) is 0 Å². The predicted octanol–water partition coefficient (Wildman–Crippen LogP) is -2.08. The van der Waals surface area contributed by atoms with Crippen molar-refractivity contribution in [2.45, 2.75) is 0 Å². The van der Waals surface area contributed by atoms with Crippen molar-refractivity contribution in [2.24, 2.45) is 10.2 Å². The van der Waals surface area contributed by atoms with Crippen LogP contribution in [0.4, 0.5) is 11.4 Å². The van der Waals surface area contributed by atoms with E-state index in [4.69, 9.17) is 0 Å². The molecule has 0 spiro atoms. The molecule has 4 nitrogen and oxygen atoms in total. The van der Waals surface area contributed by atoms with Gasteiger partial charge in [0.25, 0.3) is 0 Å². The van der Waals surface area contributed by atoms with Gasteiger partial charge < -0.3 is 10.2 Å². The number of para-hydroxylation sites is 1. The molecular formula is C18H12N2Na2O2. The Labute approximate surface area is 184 Å². The van der Waals surface area contributed by atoms with E-state index in [1.807, 2.05) is 36.4 Å². The summed E-state index contributed by atoms with van der Waals surface area (Å²) < 4.78 is 0. The van der Waals surface area contributed by atoms with Crippen molar-refractivity contribution in [1.29, 1.82) is 0 Å². The van der Waals surface area contributed by atoms with Crippen LogP contribution in [0.3, 0.4) is 0 Å². The Kier molecular flexibility index (Phi) is 8.70. The van der Waals surface area contributed by atoms with Gasteiger partial charge >= 0.3 is 59.1 Å². The summed E-state index contributed by atoms with van der Waals surface area (Å²) in [6.07, 6.45) is 0. The molecule has 0 atom stereocenters. The Bertz CT molecular complexity index is 824. The van der Waals surface area contributed by atoms with Crippen LogP contribution < -0.4 is 69.3 Å². The Morgan fingerprint density at radius 1 is 0.583 bits per heavy atom. The zero-order valence-corrected chi connectivity index (χ0v) is 17.6. The Morgan fingerprint density at radius 3 is 1.92 bits per heavy atom. The van der Waals surface area contributed by atoms with Gasteiger partial charge in [-0.05, 0) is 11.6 Å². The maximum Gasteiger partial charge on any atom is 1.00 e. The zero-order valence-electron chi connectivity index (χ0n) is 13.6. The van der Waals surface area contributed by atoms with E-state index < -0.39 is 0 Å². The number of azo groups is 1. The second kappa shape index (κ2) is 9.99. The monoisotopic (exact) mass is 334 g/mol. The second-order valence-electron chi connectivity index (χ2n) is 4.69. The van der Waals surface area contributed by atoms with Crippen molar-refractivity contribution in [1.82, 2.24) is 0 Å². The molecule has 0 N–H and O–H groups in total. The van der Waals surface area contributed by atoms with Crippen LogP contribution in [-0.2, 0) is 0 Å². The maximum absolute atomic E-state index is 12.1. The topological polar surface area (TPSA) is 70.8 Å². The van der Waals surface area contributed by atoms with Gasteiger partial charge in [0.2, 0.25) is 0 Å². The normalized spacial score (nSPS) is 10.0. The standard InChI is InChI=1S/C18H14N2O2.2Na/c21-16-11-5-4-10-15(16)19-20-18-14(9-6-12-17(18)22)13-7-2-1-3-8-13;;/h1-12,21-22H;;/q;2*+1/p-2. The predicted molar refractivity (Wildman–Crippen MR) is 81.4 cm³/mol. The van der Waals surface area contributed by atoms with Crippen LogP contribution in [-0.4, -0.2) is 0 Å². The van der Waals surface area contributed by atoms with Gasteiger partial charge in [0, 0.05) is 5.56 Å². The van der Waals surface area contributed by atoms with Crippen LogP contribution in [0.1, 0.15) is 0 Å². The molecule has 0 saturated carbocycles. The first-order chi connectivity index (χ1) is 10.8. The molecule has 0 aliphatic heterocycles. The number of nitrogens with zero attached hydrogens (tertiary/aromatic N) is 2. The minimum atomic E-state index is -0.228. The van der Waals surface area contributed by atoms with E-state index in [9.17, 15) is 10.2 Å². The molecule has 0 unspecified atom stereocenters. The van der Waals surface area contributed by atoms with Crippen LogP contribution in [0.25, 0.3) is 11.1 Å². The molecule has 0 fully saturated rings. The zero-order chi connectivity index (χ0) is 15.4. The maximum atomic E-state index is 12.1. The molecule has 0 bridgehead atoms. The Balaban J connectivity index is 0.00000144. The van der Waals surface area contributed by atoms with Crippen molar-refractivity contribution in [2.75, 3.05) is 0 Å². The molecule has 3 rings (SSSR count). The number of hydrogen-bond acceptors (Lipinski definition) is 4. The van der Waals surface area contributed by atoms with Crippen molar-refractivity contribution < 1.29 is 69.3 Å². The number of rotatable bonds is 3. The summed E-state index contributed by atoms with van der Waals surface area (Å²) in [6.45, 7) is 0. The van der Waals surface area contributed by atoms with Crippen LogP contribution in [0, 0.1) is 0 Å². The van der Waals surface area contributed by atoms with Crippen LogP contribution >= 0.6 is 0 Å². The van der Waals surface area contributed by atoms with Gasteiger partial charge in [-0.3, -0.25) is 0 Å². The summed E-state index contributed by atoms with van der Waals surface area (Å²) in [6, 6.07) is 20.7. The minimum Gasteiger partial charge on any atom is -0.871 e. The average molecular weight is 334 g/mol.